The van der Waals surface area contributed by atoms with Gasteiger partial charge in [0.25, 0.3) is 5.91 Å². The monoisotopic (exact) mass is 338 g/mol. The van der Waals surface area contributed by atoms with Crippen LogP contribution in [0.1, 0.15) is 53.6 Å². The number of carbonyl (C=O) groups is 1. The topological polar surface area (TPSA) is 55.1 Å². The first-order chi connectivity index (χ1) is 10.6. The van der Waals surface area contributed by atoms with Crippen molar-refractivity contribution in [3.63, 3.8) is 0 Å². The predicted molar refractivity (Wildman–Crippen MR) is 98.5 cm³/mol. The van der Waals surface area contributed by atoms with Crippen LogP contribution in [-0.4, -0.2) is 29.5 Å². The van der Waals surface area contributed by atoms with Gasteiger partial charge in [0.15, 0.2) is 0 Å². The summed E-state index contributed by atoms with van der Waals surface area (Å²) >= 11 is 3.99. The standard InChI is InChI=1S/C17H26N2OS2/c1-3-17(18,4-2)12-19-15(20)13-6-8-14(9-7-13)16-21-10-5-11-22-16/h6-9,16H,3-5,10-12,18H2,1-2H3,(H,19,20). The molecule has 1 saturated heterocycles. The Labute approximate surface area is 142 Å². The number of nitrogens with one attached hydrogen (secondary N) is 1. The highest BCUT2D eigenvalue weighted by atomic mass is 32.2. The Morgan fingerprint density at radius 2 is 1.82 bits per heavy atom. The summed E-state index contributed by atoms with van der Waals surface area (Å²) in [5.74, 6) is 2.42. The number of carbonyl (C=O) groups excluding carboxylic acids is 1. The molecule has 0 aliphatic carbocycles. The van der Waals surface area contributed by atoms with Crippen molar-refractivity contribution < 1.29 is 4.79 Å². The van der Waals surface area contributed by atoms with Gasteiger partial charge in [-0.05, 0) is 48.5 Å². The predicted octanol–water partition coefficient (Wildman–Crippen LogP) is 3.80. The Bertz CT molecular complexity index is 480. The van der Waals surface area contributed by atoms with E-state index in [9.17, 15) is 4.79 Å². The van der Waals surface area contributed by atoms with Crippen LogP contribution in [0.3, 0.4) is 0 Å². The zero-order valence-corrected chi connectivity index (χ0v) is 15.1. The van der Waals surface area contributed by atoms with Crippen molar-refractivity contribution in [2.24, 2.45) is 5.73 Å². The molecule has 1 aromatic rings. The molecule has 3 nitrogen and oxygen atoms in total. The summed E-state index contributed by atoms with van der Waals surface area (Å²) in [6.07, 6.45) is 3.01. The van der Waals surface area contributed by atoms with Crippen LogP contribution in [0.2, 0.25) is 0 Å². The molecule has 1 heterocycles. The molecule has 0 saturated carbocycles. The summed E-state index contributed by atoms with van der Waals surface area (Å²) in [5.41, 5.74) is 7.94. The fourth-order valence-corrected chi connectivity index (χ4v) is 5.22. The summed E-state index contributed by atoms with van der Waals surface area (Å²) in [7, 11) is 0. The van der Waals surface area contributed by atoms with Crippen molar-refractivity contribution in [2.45, 2.75) is 43.2 Å². The normalized spacial score (nSPS) is 16.5. The molecular weight excluding hydrogens is 312 g/mol. The fraction of sp³-hybridized carbons (Fsp3) is 0.588. The molecule has 1 aliphatic rings. The molecule has 2 rings (SSSR count). The van der Waals surface area contributed by atoms with Crippen molar-refractivity contribution in [1.29, 1.82) is 0 Å². The van der Waals surface area contributed by atoms with Gasteiger partial charge >= 0.3 is 0 Å². The lowest BCUT2D eigenvalue weighted by Crippen LogP contribution is -2.49. The van der Waals surface area contributed by atoms with E-state index in [2.05, 4.69) is 31.3 Å². The molecule has 0 spiro atoms. The summed E-state index contributed by atoms with van der Waals surface area (Å²) in [4.78, 5) is 12.2. The minimum atomic E-state index is -0.301. The zero-order valence-electron chi connectivity index (χ0n) is 13.4. The van der Waals surface area contributed by atoms with Crippen LogP contribution in [0.25, 0.3) is 0 Å². The molecule has 1 aromatic carbocycles. The van der Waals surface area contributed by atoms with Crippen LogP contribution in [0.4, 0.5) is 0 Å². The smallest absolute Gasteiger partial charge is 0.251 e. The van der Waals surface area contributed by atoms with E-state index in [1.807, 2.05) is 35.7 Å². The largest absolute Gasteiger partial charge is 0.350 e. The molecule has 1 aliphatic heterocycles. The summed E-state index contributed by atoms with van der Waals surface area (Å²) in [5, 5.41) is 2.97. The van der Waals surface area contributed by atoms with E-state index in [1.54, 1.807) is 0 Å². The summed E-state index contributed by atoms with van der Waals surface area (Å²) in [6, 6.07) is 8.02. The first kappa shape index (κ1) is 17.7. The molecule has 5 heteroatoms. The third kappa shape index (κ3) is 4.67. The van der Waals surface area contributed by atoms with Gasteiger partial charge in [-0.25, -0.2) is 0 Å². The second-order valence-electron chi connectivity index (χ2n) is 5.80. The lowest BCUT2D eigenvalue weighted by Gasteiger charge is -2.26. The lowest BCUT2D eigenvalue weighted by molar-refractivity contribution is 0.0942. The minimum absolute atomic E-state index is 0.0350. The SMILES string of the molecule is CCC(N)(CC)CNC(=O)c1ccc(C2SCCCS2)cc1. The number of rotatable bonds is 6. The Kier molecular flexibility index (Phi) is 6.66. The van der Waals surface area contributed by atoms with E-state index >= 15 is 0 Å². The van der Waals surface area contributed by atoms with E-state index in [-0.39, 0.29) is 11.4 Å². The van der Waals surface area contributed by atoms with E-state index in [1.165, 1.54) is 23.5 Å². The van der Waals surface area contributed by atoms with Gasteiger partial charge in [-0.2, -0.15) is 0 Å². The molecule has 0 bridgehead atoms. The average Bonchev–Trinajstić information content (AvgIpc) is 2.60. The molecule has 122 valence electrons. The Morgan fingerprint density at radius 3 is 2.36 bits per heavy atom. The van der Waals surface area contributed by atoms with Crippen LogP contribution in [0.5, 0.6) is 0 Å². The van der Waals surface area contributed by atoms with Crippen LogP contribution < -0.4 is 11.1 Å². The minimum Gasteiger partial charge on any atom is -0.350 e. The van der Waals surface area contributed by atoms with Gasteiger partial charge in [-0.3, -0.25) is 4.79 Å². The third-order valence-corrected chi connectivity index (χ3v) is 7.30. The van der Waals surface area contributed by atoms with E-state index < -0.39 is 0 Å². The quantitative estimate of drug-likeness (QED) is 0.828. The molecule has 1 amide bonds. The van der Waals surface area contributed by atoms with Gasteiger partial charge < -0.3 is 11.1 Å². The van der Waals surface area contributed by atoms with Gasteiger partial charge in [-0.15, -0.1) is 23.5 Å². The van der Waals surface area contributed by atoms with E-state index in [4.69, 9.17) is 5.73 Å². The highest BCUT2D eigenvalue weighted by Crippen LogP contribution is 2.43. The van der Waals surface area contributed by atoms with Crippen molar-refractivity contribution in [3.8, 4) is 0 Å². The molecule has 0 aromatic heterocycles. The van der Waals surface area contributed by atoms with E-state index in [0.717, 1.165) is 12.8 Å². The molecule has 0 unspecified atom stereocenters. The first-order valence-corrected chi connectivity index (χ1v) is 10.1. The Hall–Kier alpha value is -0.650. The number of thioether (sulfide) groups is 2. The van der Waals surface area contributed by atoms with Crippen molar-refractivity contribution in [1.82, 2.24) is 5.32 Å². The number of hydrogen-bond acceptors (Lipinski definition) is 4. The van der Waals surface area contributed by atoms with Crippen LogP contribution >= 0.6 is 23.5 Å². The number of nitrogens with two attached hydrogens (primary N) is 1. The maximum atomic E-state index is 12.2. The second kappa shape index (κ2) is 8.27. The molecular formula is C17H26N2OS2. The molecule has 1 fully saturated rings. The number of hydrogen-bond donors (Lipinski definition) is 2. The molecule has 0 radical (unpaired) electrons. The van der Waals surface area contributed by atoms with Gasteiger partial charge in [-0.1, -0.05) is 26.0 Å². The van der Waals surface area contributed by atoms with Gasteiger partial charge in [0.05, 0.1) is 4.58 Å². The summed E-state index contributed by atoms with van der Waals surface area (Å²) < 4.78 is 0.516. The third-order valence-electron chi connectivity index (χ3n) is 4.28. The Balaban J connectivity index is 1.93. The zero-order chi connectivity index (χ0) is 16.0. The Morgan fingerprint density at radius 1 is 1.23 bits per heavy atom. The maximum absolute atomic E-state index is 12.2. The fourth-order valence-electron chi connectivity index (χ4n) is 2.33. The number of amides is 1. The molecule has 3 N–H and O–H groups in total. The van der Waals surface area contributed by atoms with Crippen molar-refractivity contribution in [2.75, 3.05) is 18.1 Å². The highest BCUT2D eigenvalue weighted by molar-refractivity contribution is 8.16. The molecule has 0 atom stereocenters. The van der Waals surface area contributed by atoms with Crippen LogP contribution in [-0.2, 0) is 0 Å². The first-order valence-electron chi connectivity index (χ1n) is 7.98. The summed E-state index contributed by atoms with van der Waals surface area (Å²) in [6.45, 7) is 4.64. The van der Waals surface area contributed by atoms with E-state index in [0.29, 0.717) is 16.7 Å². The van der Waals surface area contributed by atoms with Gasteiger partial charge in [0.2, 0.25) is 0 Å². The van der Waals surface area contributed by atoms with Gasteiger partial charge in [0, 0.05) is 17.6 Å². The highest BCUT2D eigenvalue weighted by Gasteiger charge is 2.21. The average molecular weight is 339 g/mol. The van der Waals surface area contributed by atoms with Crippen molar-refractivity contribution >= 4 is 29.4 Å². The maximum Gasteiger partial charge on any atom is 0.251 e. The molecule has 22 heavy (non-hydrogen) atoms. The number of benzene rings is 1. The lowest BCUT2D eigenvalue weighted by atomic mass is 9.94. The second-order valence-corrected chi connectivity index (χ2v) is 8.53. The van der Waals surface area contributed by atoms with Crippen molar-refractivity contribution in [3.05, 3.63) is 35.4 Å². The van der Waals surface area contributed by atoms with Crippen LogP contribution in [0.15, 0.2) is 24.3 Å². The van der Waals surface area contributed by atoms with Crippen LogP contribution in [0, 0.1) is 0 Å². The van der Waals surface area contributed by atoms with Gasteiger partial charge in [0.1, 0.15) is 0 Å².